The van der Waals surface area contributed by atoms with Crippen LogP contribution in [0.25, 0.3) is 0 Å². The number of aryl methyl sites for hydroxylation is 1. The van der Waals surface area contributed by atoms with Crippen LogP contribution in [0.2, 0.25) is 0 Å². The molecular formula is C14H22N2O4. The lowest BCUT2D eigenvalue weighted by atomic mass is 10.0. The molecule has 0 atom stereocenters. The molecule has 6 heteroatoms. The SMILES string of the molecule is CCc1nc(=O)n(CCCOC)c(CC)c1CC(=O)O. The quantitative estimate of drug-likeness (QED) is 0.720. The molecule has 0 aromatic carbocycles. The van der Waals surface area contributed by atoms with Crippen molar-refractivity contribution in [2.24, 2.45) is 0 Å². The standard InChI is InChI=1S/C14H22N2O4/c1-4-11-10(9-13(17)18)12(5-2)16(14(19)15-11)7-6-8-20-3/h4-9H2,1-3H3,(H,17,18). The number of methoxy groups -OCH3 is 1. The highest BCUT2D eigenvalue weighted by Gasteiger charge is 2.17. The summed E-state index contributed by atoms with van der Waals surface area (Å²) < 4.78 is 6.57. The molecule has 0 fully saturated rings. The van der Waals surface area contributed by atoms with Crippen molar-refractivity contribution in [2.45, 2.75) is 46.1 Å². The zero-order valence-electron chi connectivity index (χ0n) is 12.3. The minimum atomic E-state index is -0.904. The fourth-order valence-electron chi connectivity index (χ4n) is 2.34. The van der Waals surface area contributed by atoms with Crippen molar-refractivity contribution < 1.29 is 14.6 Å². The van der Waals surface area contributed by atoms with E-state index in [2.05, 4.69) is 4.98 Å². The molecule has 0 radical (unpaired) electrons. The van der Waals surface area contributed by atoms with Crippen molar-refractivity contribution in [3.8, 4) is 0 Å². The van der Waals surface area contributed by atoms with Crippen LogP contribution in [0, 0.1) is 0 Å². The van der Waals surface area contributed by atoms with Crippen LogP contribution < -0.4 is 5.69 Å². The van der Waals surface area contributed by atoms with E-state index in [9.17, 15) is 9.59 Å². The summed E-state index contributed by atoms with van der Waals surface area (Å²) >= 11 is 0. The molecular weight excluding hydrogens is 260 g/mol. The van der Waals surface area contributed by atoms with Crippen molar-refractivity contribution in [1.82, 2.24) is 9.55 Å². The summed E-state index contributed by atoms with van der Waals surface area (Å²) in [6.45, 7) is 4.85. The maximum Gasteiger partial charge on any atom is 0.347 e. The Balaban J connectivity index is 3.28. The smallest absolute Gasteiger partial charge is 0.347 e. The topological polar surface area (TPSA) is 81.4 Å². The fourth-order valence-corrected chi connectivity index (χ4v) is 2.34. The highest BCUT2D eigenvalue weighted by atomic mass is 16.5. The zero-order valence-corrected chi connectivity index (χ0v) is 12.3. The minimum absolute atomic E-state index is 0.0933. The Kier molecular flexibility index (Phi) is 6.38. The molecule has 0 aliphatic carbocycles. The molecule has 20 heavy (non-hydrogen) atoms. The third-order valence-electron chi connectivity index (χ3n) is 3.21. The van der Waals surface area contributed by atoms with Crippen LogP contribution in [0.15, 0.2) is 4.79 Å². The first kappa shape index (κ1) is 16.4. The van der Waals surface area contributed by atoms with Crippen LogP contribution in [0.1, 0.15) is 37.2 Å². The molecule has 0 aliphatic rings. The summed E-state index contributed by atoms with van der Waals surface area (Å²) in [5.74, 6) is -0.904. The average Bonchev–Trinajstić information content (AvgIpc) is 2.41. The van der Waals surface area contributed by atoms with E-state index in [4.69, 9.17) is 9.84 Å². The van der Waals surface area contributed by atoms with Gasteiger partial charge in [-0.3, -0.25) is 9.36 Å². The maximum absolute atomic E-state index is 12.1. The molecule has 112 valence electrons. The van der Waals surface area contributed by atoms with Gasteiger partial charge in [0.25, 0.3) is 0 Å². The van der Waals surface area contributed by atoms with E-state index in [-0.39, 0.29) is 12.1 Å². The largest absolute Gasteiger partial charge is 0.481 e. The Morgan fingerprint density at radius 2 is 2.05 bits per heavy atom. The normalized spacial score (nSPS) is 10.8. The van der Waals surface area contributed by atoms with Gasteiger partial charge in [-0.15, -0.1) is 0 Å². The summed E-state index contributed by atoms with van der Waals surface area (Å²) in [6.07, 6.45) is 1.77. The van der Waals surface area contributed by atoms with Crippen molar-refractivity contribution in [1.29, 1.82) is 0 Å². The zero-order chi connectivity index (χ0) is 15.1. The summed E-state index contributed by atoms with van der Waals surface area (Å²) in [6, 6.07) is 0. The van der Waals surface area contributed by atoms with Crippen LogP contribution in [-0.2, 0) is 35.3 Å². The van der Waals surface area contributed by atoms with Gasteiger partial charge in [0.1, 0.15) is 0 Å². The van der Waals surface area contributed by atoms with Gasteiger partial charge in [0.05, 0.1) is 12.1 Å². The number of nitrogens with zero attached hydrogens (tertiary/aromatic N) is 2. The number of aromatic nitrogens is 2. The molecule has 1 aromatic heterocycles. The number of ether oxygens (including phenoxy) is 1. The van der Waals surface area contributed by atoms with Gasteiger partial charge in [0.15, 0.2) is 0 Å². The molecule has 0 bridgehead atoms. The van der Waals surface area contributed by atoms with Gasteiger partial charge in [-0.05, 0) is 19.3 Å². The first-order valence-electron chi connectivity index (χ1n) is 6.87. The molecule has 6 nitrogen and oxygen atoms in total. The Labute approximate surface area is 118 Å². The summed E-state index contributed by atoms with van der Waals surface area (Å²) in [4.78, 5) is 27.1. The van der Waals surface area contributed by atoms with Crippen molar-refractivity contribution >= 4 is 5.97 Å². The van der Waals surface area contributed by atoms with Gasteiger partial charge >= 0.3 is 11.7 Å². The molecule has 0 amide bonds. The van der Waals surface area contributed by atoms with Gasteiger partial charge in [-0.2, -0.15) is 4.98 Å². The van der Waals surface area contributed by atoms with Gasteiger partial charge in [-0.25, -0.2) is 4.79 Å². The number of aliphatic carboxylic acids is 1. The molecule has 1 aromatic rings. The number of carboxylic acid groups (broad SMARTS) is 1. The molecule has 1 N–H and O–H groups in total. The first-order valence-corrected chi connectivity index (χ1v) is 6.87. The molecule has 1 heterocycles. The molecule has 0 saturated heterocycles. The third-order valence-corrected chi connectivity index (χ3v) is 3.21. The lowest BCUT2D eigenvalue weighted by molar-refractivity contribution is -0.136. The van der Waals surface area contributed by atoms with E-state index >= 15 is 0 Å². The van der Waals surface area contributed by atoms with Crippen LogP contribution in [-0.4, -0.2) is 34.3 Å². The van der Waals surface area contributed by atoms with Crippen LogP contribution in [0.4, 0.5) is 0 Å². The summed E-state index contributed by atoms with van der Waals surface area (Å²) in [7, 11) is 1.61. The average molecular weight is 282 g/mol. The lowest BCUT2D eigenvalue weighted by Crippen LogP contribution is -2.30. The number of carbonyl (C=O) groups is 1. The number of hydrogen-bond donors (Lipinski definition) is 1. The maximum atomic E-state index is 12.1. The van der Waals surface area contributed by atoms with E-state index < -0.39 is 5.97 Å². The summed E-state index contributed by atoms with van der Waals surface area (Å²) in [5, 5.41) is 9.05. The monoisotopic (exact) mass is 282 g/mol. The first-order chi connectivity index (χ1) is 9.54. The van der Waals surface area contributed by atoms with Crippen molar-refractivity contribution in [3.63, 3.8) is 0 Å². The fraction of sp³-hybridized carbons (Fsp3) is 0.643. The minimum Gasteiger partial charge on any atom is -0.481 e. The van der Waals surface area contributed by atoms with Crippen LogP contribution in [0.5, 0.6) is 0 Å². The predicted molar refractivity (Wildman–Crippen MR) is 75.1 cm³/mol. The second-order valence-electron chi connectivity index (χ2n) is 4.54. The number of rotatable bonds is 8. The van der Waals surface area contributed by atoms with Gasteiger partial charge in [-0.1, -0.05) is 13.8 Å². The van der Waals surface area contributed by atoms with E-state index in [1.807, 2.05) is 13.8 Å². The van der Waals surface area contributed by atoms with Gasteiger partial charge in [0, 0.05) is 31.5 Å². The Bertz CT molecular complexity index is 523. The van der Waals surface area contributed by atoms with Crippen molar-refractivity contribution in [3.05, 3.63) is 27.4 Å². The number of carboxylic acids is 1. The van der Waals surface area contributed by atoms with E-state index in [1.54, 1.807) is 11.7 Å². The van der Waals surface area contributed by atoms with E-state index in [0.717, 1.165) is 5.69 Å². The summed E-state index contributed by atoms with van der Waals surface area (Å²) in [5.41, 5.74) is 1.75. The second kappa shape index (κ2) is 7.79. The van der Waals surface area contributed by atoms with Gasteiger partial charge < -0.3 is 9.84 Å². The second-order valence-corrected chi connectivity index (χ2v) is 4.54. The van der Waals surface area contributed by atoms with Gasteiger partial charge in [0.2, 0.25) is 0 Å². The van der Waals surface area contributed by atoms with Crippen LogP contribution in [0.3, 0.4) is 0 Å². The molecule has 0 unspecified atom stereocenters. The third kappa shape index (κ3) is 3.90. The van der Waals surface area contributed by atoms with E-state index in [0.29, 0.717) is 43.7 Å². The lowest BCUT2D eigenvalue weighted by Gasteiger charge is -2.17. The number of hydrogen-bond acceptors (Lipinski definition) is 4. The Hall–Kier alpha value is -1.69. The molecule has 0 spiro atoms. The van der Waals surface area contributed by atoms with E-state index in [1.165, 1.54) is 0 Å². The highest BCUT2D eigenvalue weighted by molar-refractivity contribution is 5.71. The van der Waals surface area contributed by atoms with Crippen LogP contribution >= 0.6 is 0 Å². The molecule has 0 aliphatic heterocycles. The predicted octanol–water partition coefficient (Wildman–Crippen LogP) is 1.03. The molecule has 0 saturated carbocycles. The van der Waals surface area contributed by atoms with Crippen molar-refractivity contribution in [2.75, 3.05) is 13.7 Å². The Morgan fingerprint density at radius 3 is 2.55 bits per heavy atom. The Morgan fingerprint density at radius 1 is 1.35 bits per heavy atom. The highest BCUT2D eigenvalue weighted by Crippen LogP contribution is 2.14. The molecule has 1 rings (SSSR count).